The van der Waals surface area contributed by atoms with Gasteiger partial charge in [-0.05, 0) is 0 Å². The molecule has 0 radical (unpaired) electrons. The summed E-state index contributed by atoms with van der Waals surface area (Å²) in [6.07, 6.45) is 7.91. The van der Waals surface area contributed by atoms with Crippen LogP contribution in [0.3, 0.4) is 0 Å². The Bertz CT molecular complexity index is 484. The van der Waals surface area contributed by atoms with Gasteiger partial charge in [0.25, 0.3) is 0 Å². The zero-order valence-corrected chi connectivity index (χ0v) is 13.8. The third-order valence-electron chi connectivity index (χ3n) is 1.56. The number of carboxylic acids is 2. The molecule has 0 aromatic carbocycles. The van der Waals surface area contributed by atoms with Crippen LogP contribution in [0.2, 0.25) is 0 Å². The molecule has 2 N–H and O–H groups in total. The van der Waals surface area contributed by atoms with Gasteiger partial charge in [0.1, 0.15) is 0 Å². The van der Waals surface area contributed by atoms with Gasteiger partial charge in [-0.3, -0.25) is 9.97 Å². The molecule has 116 valence electrons. The fourth-order valence-corrected chi connectivity index (χ4v) is 0.819. The fourth-order valence-electron chi connectivity index (χ4n) is 0.819. The van der Waals surface area contributed by atoms with Crippen molar-refractivity contribution in [1.82, 2.24) is 19.9 Å². The number of carboxylic acid groups (broad SMARTS) is 2. The predicted molar refractivity (Wildman–Crippen MR) is 58.0 cm³/mol. The summed E-state index contributed by atoms with van der Waals surface area (Å²) in [7, 11) is 0. The number of carbonyl (C=O) groups is 2. The van der Waals surface area contributed by atoms with E-state index in [0.717, 1.165) is 0 Å². The normalized spacial score (nSPS) is 7.62. The van der Waals surface area contributed by atoms with Gasteiger partial charge in [-0.2, -0.15) is 0 Å². The fraction of sp³-hybridized carbons (Fsp3) is 0. The van der Waals surface area contributed by atoms with E-state index >= 15 is 0 Å². The van der Waals surface area contributed by atoms with Crippen molar-refractivity contribution in [2.75, 3.05) is 0 Å². The molecular formula is C10H8Cl2N4O4Pt. The molecule has 2 rings (SSSR count). The molecule has 8 nitrogen and oxygen atoms in total. The Labute approximate surface area is 146 Å². The van der Waals surface area contributed by atoms with Crippen molar-refractivity contribution >= 4 is 11.9 Å². The van der Waals surface area contributed by atoms with E-state index in [4.69, 9.17) is 10.2 Å². The van der Waals surface area contributed by atoms with Crippen molar-refractivity contribution in [1.29, 1.82) is 0 Å². The van der Waals surface area contributed by atoms with Gasteiger partial charge < -0.3 is 35.0 Å². The van der Waals surface area contributed by atoms with Crippen molar-refractivity contribution in [2.24, 2.45) is 0 Å². The number of rotatable bonds is 2. The molecule has 0 saturated heterocycles. The van der Waals surface area contributed by atoms with Gasteiger partial charge in [0.05, 0.1) is 12.4 Å². The number of nitrogens with zero attached hydrogens (tertiary/aromatic N) is 4. The Morgan fingerprint density at radius 2 is 1.10 bits per heavy atom. The van der Waals surface area contributed by atoms with Gasteiger partial charge in [-0.1, -0.05) is 0 Å². The molecule has 21 heavy (non-hydrogen) atoms. The molecule has 0 saturated carbocycles. The van der Waals surface area contributed by atoms with E-state index in [-0.39, 0.29) is 57.3 Å². The summed E-state index contributed by atoms with van der Waals surface area (Å²) in [4.78, 5) is 34.4. The zero-order valence-electron chi connectivity index (χ0n) is 10.0. The van der Waals surface area contributed by atoms with Crippen LogP contribution in [-0.4, -0.2) is 42.1 Å². The van der Waals surface area contributed by atoms with Crippen molar-refractivity contribution < 1.29 is 65.7 Å². The first-order valence-corrected chi connectivity index (χ1v) is 4.60. The van der Waals surface area contributed by atoms with Crippen LogP contribution in [0.4, 0.5) is 0 Å². The van der Waals surface area contributed by atoms with Crippen LogP contribution < -0.4 is 24.8 Å². The van der Waals surface area contributed by atoms with E-state index in [1.807, 2.05) is 0 Å². The predicted octanol–water partition coefficient (Wildman–Crippen LogP) is -5.64. The van der Waals surface area contributed by atoms with E-state index in [1.54, 1.807) is 0 Å². The maximum Gasteiger partial charge on any atom is 2.00 e. The zero-order chi connectivity index (χ0) is 13.4. The van der Waals surface area contributed by atoms with Crippen LogP contribution in [0.5, 0.6) is 0 Å². The average Bonchev–Trinajstić information content (AvgIpc) is 2.41. The molecule has 0 atom stereocenters. The van der Waals surface area contributed by atoms with Gasteiger partial charge in [-0.25, -0.2) is 19.6 Å². The number of hydrogen-bond donors (Lipinski definition) is 2. The van der Waals surface area contributed by atoms with Crippen LogP contribution in [0.15, 0.2) is 37.2 Å². The second kappa shape index (κ2) is 13.4. The van der Waals surface area contributed by atoms with Crippen molar-refractivity contribution in [3.05, 3.63) is 48.6 Å². The van der Waals surface area contributed by atoms with Crippen molar-refractivity contribution in [3.63, 3.8) is 0 Å². The SMILES string of the molecule is O=C(O)c1cnccn1.O=C(O)c1cnccn1.[Cl-].[Cl-].[Pt+2]. The number of aromatic nitrogens is 4. The number of halogens is 2. The first-order valence-electron chi connectivity index (χ1n) is 4.60. The van der Waals surface area contributed by atoms with Crippen LogP contribution >= 0.6 is 0 Å². The summed E-state index contributed by atoms with van der Waals surface area (Å²) in [5, 5.41) is 16.6. The van der Waals surface area contributed by atoms with Crippen LogP contribution in [0, 0.1) is 0 Å². The van der Waals surface area contributed by atoms with E-state index in [1.165, 1.54) is 37.2 Å². The molecular weight excluding hydrogens is 506 g/mol. The van der Waals surface area contributed by atoms with E-state index < -0.39 is 11.9 Å². The molecule has 2 aromatic rings. The molecule has 0 spiro atoms. The van der Waals surface area contributed by atoms with Gasteiger partial charge in [-0.15, -0.1) is 0 Å². The smallest absolute Gasteiger partial charge is 1.00 e. The quantitative estimate of drug-likeness (QED) is 0.407. The molecule has 0 aliphatic carbocycles. The number of aromatic carboxylic acids is 2. The molecule has 2 aromatic heterocycles. The molecule has 0 aliphatic heterocycles. The summed E-state index contributed by atoms with van der Waals surface area (Å²) in [5.41, 5.74) is -0.0602. The second-order valence-corrected chi connectivity index (χ2v) is 2.79. The Balaban J connectivity index is -0.000000270. The minimum Gasteiger partial charge on any atom is -1.00 e. The Hall–Kier alpha value is -1.63. The van der Waals surface area contributed by atoms with Gasteiger partial charge in [0, 0.05) is 24.8 Å². The van der Waals surface area contributed by atoms with Crippen LogP contribution in [0.1, 0.15) is 21.0 Å². The minimum atomic E-state index is -1.05. The summed E-state index contributed by atoms with van der Waals surface area (Å²) >= 11 is 0. The third-order valence-corrected chi connectivity index (χ3v) is 1.56. The van der Waals surface area contributed by atoms with E-state index in [0.29, 0.717) is 0 Å². The van der Waals surface area contributed by atoms with Crippen LogP contribution in [-0.2, 0) is 21.1 Å². The maximum atomic E-state index is 10.1. The molecule has 0 bridgehead atoms. The second-order valence-electron chi connectivity index (χ2n) is 2.79. The molecule has 0 aliphatic rings. The van der Waals surface area contributed by atoms with Crippen molar-refractivity contribution in [3.8, 4) is 0 Å². The maximum absolute atomic E-state index is 10.1. The van der Waals surface area contributed by atoms with Gasteiger partial charge in [0.15, 0.2) is 11.4 Å². The molecule has 0 amide bonds. The largest absolute Gasteiger partial charge is 2.00 e. The summed E-state index contributed by atoms with van der Waals surface area (Å²) in [5.74, 6) is -2.11. The summed E-state index contributed by atoms with van der Waals surface area (Å²) in [6.45, 7) is 0. The molecule has 0 fully saturated rings. The van der Waals surface area contributed by atoms with E-state index in [9.17, 15) is 9.59 Å². The van der Waals surface area contributed by atoms with E-state index in [2.05, 4.69) is 19.9 Å². The molecule has 0 unspecified atom stereocenters. The minimum absolute atomic E-state index is 0. The summed E-state index contributed by atoms with van der Waals surface area (Å²) < 4.78 is 0. The number of hydrogen-bond acceptors (Lipinski definition) is 6. The molecule has 2 heterocycles. The third kappa shape index (κ3) is 9.84. The first kappa shape index (κ1) is 24.4. The van der Waals surface area contributed by atoms with Gasteiger partial charge in [0.2, 0.25) is 0 Å². The first-order chi connectivity index (χ1) is 8.61. The molecule has 11 heteroatoms. The Morgan fingerprint density at radius 3 is 1.24 bits per heavy atom. The summed E-state index contributed by atoms with van der Waals surface area (Å²) in [6, 6.07) is 0. The monoisotopic (exact) mass is 513 g/mol. The van der Waals surface area contributed by atoms with Crippen LogP contribution in [0.25, 0.3) is 0 Å². The van der Waals surface area contributed by atoms with Gasteiger partial charge >= 0.3 is 33.0 Å². The topological polar surface area (TPSA) is 126 Å². The Morgan fingerprint density at radius 1 is 0.762 bits per heavy atom. The Kier molecular flexibility index (Phi) is 15.5. The standard InChI is InChI=1S/2C5H4N2O2.2ClH.Pt/c2*8-5(9)4-3-6-1-2-7-4;;;/h2*1-3H,(H,8,9);2*1H;/q;;;;+2/p-2. The van der Waals surface area contributed by atoms with Crippen molar-refractivity contribution in [2.45, 2.75) is 0 Å². The average molecular weight is 514 g/mol.